The maximum Gasteiger partial charge on any atom is 0.154 e. The normalized spacial score (nSPS) is 25.5. The van der Waals surface area contributed by atoms with Crippen LogP contribution in [-0.4, -0.2) is 29.4 Å². The predicted molar refractivity (Wildman–Crippen MR) is 59.2 cm³/mol. The standard InChI is InChI=1S/C10H15ClN4/c11-10-8-2-4-13-6-9(8)15(14-10)7-1-3-12-5-7/h7,12-13H,1-6H2. The fourth-order valence-electron chi connectivity index (χ4n) is 2.48. The van der Waals surface area contributed by atoms with Crippen LogP contribution < -0.4 is 10.6 Å². The van der Waals surface area contributed by atoms with Gasteiger partial charge in [0.1, 0.15) is 0 Å². The van der Waals surface area contributed by atoms with Gasteiger partial charge in [-0.05, 0) is 25.9 Å². The zero-order valence-electron chi connectivity index (χ0n) is 8.59. The molecule has 2 aliphatic rings. The van der Waals surface area contributed by atoms with E-state index in [9.17, 15) is 0 Å². The Kier molecular flexibility index (Phi) is 2.42. The van der Waals surface area contributed by atoms with Crippen LogP contribution in [0.5, 0.6) is 0 Å². The number of aromatic nitrogens is 2. The van der Waals surface area contributed by atoms with Crippen molar-refractivity contribution in [2.24, 2.45) is 0 Å². The highest BCUT2D eigenvalue weighted by Crippen LogP contribution is 2.27. The Balaban J connectivity index is 1.99. The van der Waals surface area contributed by atoms with Crippen LogP contribution in [0.3, 0.4) is 0 Å². The average Bonchev–Trinajstić information content (AvgIpc) is 2.87. The van der Waals surface area contributed by atoms with Gasteiger partial charge in [-0.25, -0.2) is 0 Å². The van der Waals surface area contributed by atoms with Gasteiger partial charge in [-0.15, -0.1) is 0 Å². The van der Waals surface area contributed by atoms with E-state index in [1.54, 1.807) is 0 Å². The van der Waals surface area contributed by atoms with Crippen LogP contribution in [0.15, 0.2) is 0 Å². The van der Waals surface area contributed by atoms with E-state index in [1.807, 2.05) is 0 Å². The van der Waals surface area contributed by atoms with Gasteiger partial charge in [0, 0.05) is 18.7 Å². The lowest BCUT2D eigenvalue weighted by molar-refractivity contribution is 0.456. The maximum atomic E-state index is 6.16. The predicted octanol–water partition coefficient (Wildman–Crippen LogP) is 0.717. The summed E-state index contributed by atoms with van der Waals surface area (Å²) in [5.41, 5.74) is 2.54. The summed E-state index contributed by atoms with van der Waals surface area (Å²) < 4.78 is 2.13. The molecule has 2 N–H and O–H groups in total. The lowest BCUT2D eigenvalue weighted by atomic mass is 10.1. The van der Waals surface area contributed by atoms with Gasteiger partial charge in [0.2, 0.25) is 0 Å². The van der Waals surface area contributed by atoms with Gasteiger partial charge in [0.05, 0.1) is 11.7 Å². The van der Waals surface area contributed by atoms with Crippen molar-refractivity contribution in [2.45, 2.75) is 25.4 Å². The number of fused-ring (bicyclic) bond motifs is 1. The Morgan fingerprint density at radius 1 is 1.33 bits per heavy atom. The van der Waals surface area contributed by atoms with Gasteiger partial charge in [-0.1, -0.05) is 11.6 Å². The van der Waals surface area contributed by atoms with Crippen molar-refractivity contribution < 1.29 is 0 Å². The van der Waals surface area contributed by atoms with Crippen LogP contribution in [0.25, 0.3) is 0 Å². The largest absolute Gasteiger partial charge is 0.315 e. The summed E-state index contributed by atoms with van der Waals surface area (Å²) in [6, 6.07) is 0.492. The first-order valence-corrected chi connectivity index (χ1v) is 5.91. The van der Waals surface area contributed by atoms with E-state index >= 15 is 0 Å². The Morgan fingerprint density at radius 2 is 2.27 bits per heavy atom. The summed E-state index contributed by atoms with van der Waals surface area (Å²) >= 11 is 6.16. The minimum atomic E-state index is 0.492. The van der Waals surface area contributed by atoms with E-state index in [-0.39, 0.29) is 0 Å². The smallest absolute Gasteiger partial charge is 0.154 e. The molecule has 1 atom stereocenters. The van der Waals surface area contributed by atoms with Gasteiger partial charge in [-0.2, -0.15) is 5.10 Å². The van der Waals surface area contributed by atoms with E-state index < -0.39 is 0 Å². The van der Waals surface area contributed by atoms with Crippen molar-refractivity contribution in [1.82, 2.24) is 20.4 Å². The molecule has 4 nitrogen and oxygen atoms in total. The van der Waals surface area contributed by atoms with Crippen molar-refractivity contribution >= 4 is 11.6 Å². The lowest BCUT2D eigenvalue weighted by Gasteiger charge is -2.18. The summed E-state index contributed by atoms with van der Waals surface area (Å²) in [7, 11) is 0. The summed E-state index contributed by atoms with van der Waals surface area (Å²) in [6.45, 7) is 4.03. The third-order valence-electron chi connectivity index (χ3n) is 3.29. The molecule has 82 valence electrons. The second-order valence-corrected chi connectivity index (χ2v) is 4.59. The fraction of sp³-hybridized carbons (Fsp3) is 0.700. The fourth-order valence-corrected chi connectivity index (χ4v) is 2.76. The monoisotopic (exact) mass is 226 g/mol. The summed E-state index contributed by atoms with van der Waals surface area (Å²) in [5, 5.41) is 11.9. The van der Waals surface area contributed by atoms with Crippen LogP contribution in [0.1, 0.15) is 23.7 Å². The summed E-state index contributed by atoms with van der Waals surface area (Å²) in [6.07, 6.45) is 2.17. The second kappa shape index (κ2) is 3.77. The summed E-state index contributed by atoms with van der Waals surface area (Å²) in [5.74, 6) is 0. The molecule has 1 aromatic heterocycles. The van der Waals surface area contributed by atoms with Gasteiger partial charge in [0.25, 0.3) is 0 Å². The maximum absolute atomic E-state index is 6.16. The highest BCUT2D eigenvalue weighted by atomic mass is 35.5. The van der Waals surface area contributed by atoms with Gasteiger partial charge < -0.3 is 10.6 Å². The topological polar surface area (TPSA) is 41.9 Å². The molecular weight excluding hydrogens is 212 g/mol. The number of hydrogen-bond donors (Lipinski definition) is 2. The van der Waals surface area contributed by atoms with E-state index in [2.05, 4.69) is 20.4 Å². The van der Waals surface area contributed by atoms with Crippen LogP contribution in [0.4, 0.5) is 0 Å². The van der Waals surface area contributed by atoms with E-state index in [0.29, 0.717) is 11.2 Å². The van der Waals surface area contributed by atoms with Crippen LogP contribution in [0.2, 0.25) is 5.15 Å². The average molecular weight is 227 g/mol. The molecule has 2 aliphatic heterocycles. The third kappa shape index (κ3) is 1.57. The number of nitrogens with one attached hydrogen (secondary N) is 2. The molecule has 0 spiro atoms. The lowest BCUT2D eigenvalue weighted by Crippen LogP contribution is -2.27. The van der Waals surface area contributed by atoms with Crippen molar-refractivity contribution in [3.63, 3.8) is 0 Å². The zero-order chi connectivity index (χ0) is 10.3. The molecule has 0 amide bonds. The molecule has 1 unspecified atom stereocenters. The van der Waals surface area contributed by atoms with Crippen molar-refractivity contribution in [3.05, 3.63) is 16.4 Å². The zero-order valence-corrected chi connectivity index (χ0v) is 9.35. The van der Waals surface area contributed by atoms with Crippen LogP contribution >= 0.6 is 11.6 Å². The Hall–Kier alpha value is -0.580. The second-order valence-electron chi connectivity index (χ2n) is 4.23. The van der Waals surface area contributed by atoms with E-state index in [1.165, 1.54) is 11.3 Å². The van der Waals surface area contributed by atoms with E-state index in [4.69, 9.17) is 11.6 Å². The molecule has 3 rings (SSSR count). The highest BCUT2D eigenvalue weighted by Gasteiger charge is 2.25. The van der Waals surface area contributed by atoms with Crippen LogP contribution in [0, 0.1) is 0 Å². The molecule has 0 aliphatic carbocycles. The molecule has 1 fully saturated rings. The molecule has 0 bridgehead atoms. The first kappa shape index (κ1) is 9.63. The molecule has 0 saturated carbocycles. The summed E-state index contributed by atoms with van der Waals surface area (Å²) in [4.78, 5) is 0. The van der Waals surface area contributed by atoms with Crippen molar-refractivity contribution in [3.8, 4) is 0 Å². The number of halogens is 1. The Bertz CT molecular complexity index is 368. The molecule has 0 aromatic carbocycles. The van der Waals surface area contributed by atoms with Gasteiger partial charge in [0.15, 0.2) is 5.15 Å². The third-order valence-corrected chi connectivity index (χ3v) is 3.60. The number of rotatable bonds is 1. The minimum Gasteiger partial charge on any atom is -0.315 e. The Morgan fingerprint density at radius 3 is 3.07 bits per heavy atom. The number of nitrogens with zero attached hydrogens (tertiary/aromatic N) is 2. The molecule has 3 heterocycles. The first-order chi connectivity index (χ1) is 7.36. The highest BCUT2D eigenvalue weighted by molar-refractivity contribution is 6.30. The molecule has 15 heavy (non-hydrogen) atoms. The molecule has 1 saturated heterocycles. The van der Waals surface area contributed by atoms with Crippen molar-refractivity contribution in [2.75, 3.05) is 19.6 Å². The first-order valence-electron chi connectivity index (χ1n) is 5.53. The van der Waals surface area contributed by atoms with Crippen molar-refractivity contribution in [1.29, 1.82) is 0 Å². The van der Waals surface area contributed by atoms with Gasteiger partial charge in [-0.3, -0.25) is 4.68 Å². The molecule has 0 radical (unpaired) electrons. The molecule has 1 aromatic rings. The van der Waals surface area contributed by atoms with Gasteiger partial charge >= 0.3 is 0 Å². The number of hydrogen-bond acceptors (Lipinski definition) is 3. The van der Waals surface area contributed by atoms with Crippen LogP contribution in [-0.2, 0) is 13.0 Å². The Labute approximate surface area is 94.0 Å². The molecule has 5 heteroatoms. The quantitative estimate of drug-likeness (QED) is 0.742. The SMILES string of the molecule is Clc1nn(C2CCNC2)c2c1CCNC2. The minimum absolute atomic E-state index is 0.492. The molecular formula is C10H15ClN4. The van der Waals surface area contributed by atoms with E-state index in [0.717, 1.165) is 39.0 Å².